The average Bonchev–Trinajstić information content (AvgIpc) is 3.49. The zero-order valence-corrected chi connectivity index (χ0v) is 15.6. The van der Waals surface area contributed by atoms with Crippen molar-refractivity contribution < 1.29 is 4.74 Å². The van der Waals surface area contributed by atoms with Crippen LogP contribution in [0.4, 0.5) is 29.0 Å². The third kappa shape index (κ3) is 3.91. The first-order valence-corrected chi connectivity index (χ1v) is 9.69. The highest BCUT2D eigenvalue weighted by atomic mass is 16.5. The third-order valence-electron chi connectivity index (χ3n) is 5.03. The van der Waals surface area contributed by atoms with Crippen LogP contribution in [-0.4, -0.2) is 46.5 Å². The summed E-state index contributed by atoms with van der Waals surface area (Å²) in [4.78, 5) is 11.2. The van der Waals surface area contributed by atoms with Crippen molar-refractivity contribution in [3.05, 3.63) is 48.3 Å². The van der Waals surface area contributed by atoms with Gasteiger partial charge in [-0.25, -0.2) is 4.98 Å². The Morgan fingerprint density at radius 1 is 1.00 bits per heavy atom. The second kappa shape index (κ2) is 7.47. The molecule has 0 atom stereocenters. The Bertz CT molecular complexity index is 930. The molecule has 1 aliphatic carbocycles. The molecule has 2 aliphatic rings. The molecule has 8 nitrogen and oxygen atoms in total. The van der Waals surface area contributed by atoms with Gasteiger partial charge in [-0.1, -0.05) is 0 Å². The standard InChI is InChI=1S/C20H23N7O/c1-2-14(1)17-13-19(26-25-17)23-18-7-8-21-20(24-18)22-15-3-5-16(6-4-15)27-9-11-28-12-10-27/h3-8,13-14H,1-2,9-12H2,(H3,21,22,23,24,25,26). The number of nitrogens with one attached hydrogen (secondary N) is 3. The number of hydrogen-bond donors (Lipinski definition) is 3. The molecule has 8 heteroatoms. The van der Waals surface area contributed by atoms with Crippen molar-refractivity contribution in [2.75, 3.05) is 41.8 Å². The summed E-state index contributed by atoms with van der Waals surface area (Å²) in [6.07, 6.45) is 4.22. The van der Waals surface area contributed by atoms with Gasteiger partial charge >= 0.3 is 0 Å². The number of aromatic nitrogens is 4. The van der Waals surface area contributed by atoms with Gasteiger partial charge in [0.1, 0.15) is 5.82 Å². The molecule has 0 amide bonds. The Hall–Kier alpha value is -3.13. The van der Waals surface area contributed by atoms with Crippen LogP contribution in [0.3, 0.4) is 0 Å². The van der Waals surface area contributed by atoms with Crippen molar-refractivity contribution in [3.8, 4) is 0 Å². The van der Waals surface area contributed by atoms with Gasteiger partial charge in [-0.3, -0.25) is 5.10 Å². The maximum absolute atomic E-state index is 5.41. The Kier molecular flexibility index (Phi) is 4.54. The molecule has 1 aromatic carbocycles. The van der Waals surface area contributed by atoms with Crippen LogP contribution in [0.5, 0.6) is 0 Å². The van der Waals surface area contributed by atoms with E-state index in [0.29, 0.717) is 17.7 Å². The van der Waals surface area contributed by atoms with Crippen LogP contribution in [0.2, 0.25) is 0 Å². The Labute approximate surface area is 163 Å². The van der Waals surface area contributed by atoms with Gasteiger partial charge in [0.2, 0.25) is 5.95 Å². The smallest absolute Gasteiger partial charge is 0.229 e. The fraction of sp³-hybridized carbons (Fsp3) is 0.350. The molecule has 0 spiro atoms. The summed E-state index contributed by atoms with van der Waals surface area (Å²) in [5, 5.41) is 13.9. The minimum atomic E-state index is 0.544. The minimum absolute atomic E-state index is 0.544. The highest BCUT2D eigenvalue weighted by molar-refractivity contribution is 5.61. The molecule has 5 rings (SSSR count). The van der Waals surface area contributed by atoms with Gasteiger partial charge in [0.25, 0.3) is 0 Å². The van der Waals surface area contributed by atoms with E-state index in [4.69, 9.17) is 4.74 Å². The van der Waals surface area contributed by atoms with Crippen LogP contribution in [0.1, 0.15) is 24.5 Å². The van der Waals surface area contributed by atoms with E-state index in [1.807, 2.05) is 18.2 Å². The number of anilines is 5. The van der Waals surface area contributed by atoms with Crippen LogP contribution in [0.25, 0.3) is 0 Å². The van der Waals surface area contributed by atoms with Gasteiger partial charge in [0.05, 0.1) is 13.2 Å². The van der Waals surface area contributed by atoms with Crippen LogP contribution in [0, 0.1) is 0 Å². The van der Waals surface area contributed by atoms with Crippen molar-refractivity contribution in [1.29, 1.82) is 0 Å². The predicted molar refractivity (Wildman–Crippen MR) is 109 cm³/mol. The summed E-state index contributed by atoms with van der Waals surface area (Å²) in [6.45, 7) is 3.43. The lowest BCUT2D eigenvalue weighted by Gasteiger charge is -2.28. The quantitative estimate of drug-likeness (QED) is 0.606. The highest BCUT2D eigenvalue weighted by Gasteiger charge is 2.25. The zero-order chi connectivity index (χ0) is 18.8. The second-order valence-electron chi connectivity index (χ2n) is 7.14. The minimum Gasteiger partial charge on any atom is -0.378 e. The van der Waals surface area contributed by atoms with Crippen molar-refractivity contribution in [2.45, 2.75) is 18.8 Å². The topological polar surface area (TPSA) is 91.0 Å². The number of rotatable bonds is 6. The molecule has 1 aliphatic heterocycles. The summed E-state index contributed by atoms with van der Waals surface area (Å²) in [6, 6.07) is 12.2. The van der Waals surface area contributed by atoms with E-state index in [0.717, 1.165) is 37.8 Å². The van der Waals surface area contributed by atoms with Gasteiger partial charge in [-0.15, -0.1) is 0 Å². The number of morpholine rings is 1. The lowest BCUT2D eigenvalue weighted by atomic mass is 10.2. The van der Waals surface area contributed by atoms with Gasteiger partial charge < -0.3 is 20.3 Å². The molecule has 3 heterocycles. The maximum Gasteiger partial charge on any atom is 0.229 e. The number of hydrogen-bond acceptors (Lipinski definition) is 7. The van der Waals surface area contributed by atoms with E-state index < -0.39 is 0 Å². The van der Waals surface area contributed by atoms with E-state index in [-0.39, 0.29) is 0 Å². The molecular formula is C20H23N7O. The molecule has 144 valence electrons. The summed E-state index contributed by atoms with van der Waals surface area (Å²) >= 11 is 0. The normalized spacial score (nSPS) is 16.8. The Morgan fingerprint density at radius 3 is 2.61 bits per heavy atom. The molecule has 0 bridgehead atoms. The number of benzene rings is 1. The molecular weight excluding hydrogens is 354 g/mol. The van der Waals surface area contributed by atoms with Crippen molar-refractivity contribution >= 4 is 29.0 Å². The van der Waals surface area contributed by atoms with Crippen LogP contribution in [-0.2, 0) is 4.74 Å². The van der Waals surface area contributed by atoms with E-state index in [1.54, 1.807) is 6.20 Å². The largest absolute Gasteiger partial charge is 0.378 e. The van der Waals surface area contributed by atoms with Crippen LogP contribution < -0.4 is 15.5 Å². The summed E-state index contributed by atoms with van der Waals surface area (Å²) in [5.74, 6) is 2.67. The zero-order valence-electron chi connectivity index (χ0n) is 15.6. The monoisotopic (exact) mass is 377 g/mol. The van der Waals surface area contributed by atoms with Crippen LogP contribution >= 0.6 is 0 Å². The highest BCUT2D eigenvalue weighted by Crippen LogP contribution is 2.39. The first-order chi connectivity index (χ1) is 13.8. The number of H-pyrrole nitrogens is 1. The molecule has 3 N–H and O–H groups in total. The molecule has 1 saturated heterocycles. The van der Waals surface area contributed by atoms with E-state index >= 15 is 0 Å². The molecule has 0 unspecified atom stereocenters. The molecule has 2 aromatic heterocycles. The van der Waals surface area contributed by atoms with Crippen LogP contribution in [0.15, 0.2) is 42.6 Å². The predicted octanol–water partition coefficient (Wildman–Crippen LogP) is 3.40. The van der Waals surface area contributed by atoms with Crippen molar-refractivity contribution in [1.82, 2.24) is 20.2 Å². The first kappa shape index (κ1) is 17.0. The van der Waals surface area contributed by atoms with Gasteiger partial charge in [0.15, 0.2) is 5.82 Å². The third-order valence-corrected chi connectivity index (χ3v) is 5.03. The molecule has 2 fully saturated rings. The Balaban J connectivity index is 1.24. The fourth-order valence-corrected chi connectivity index (χ4v) is 3.33. The molecule has 1 saturated carbocycles. The number of ether oxygens (including phenoxy) is 1. The number of aromatic amines is 1. The lowest BCUT2D eigenvalue weighted by Crippen LogP contribution is -2.36. The summed E-state index contributed by atoms with van der Waals surface area (Å²) < 4.78 is 5.41. The van der Waals surface area contributed by atoms with Crippen molar-refractivity contribution in [2.24, 2.45) is 0 Å². The van der Waals surface area contributed by atoms with Gasteiger partial charge in [-0.05, 0) is 43.2 Å². The summed E-state index contributed by atoms with van der Waals surface area (Å²) in [5.41, 5.74) is 3.34. The molecule has 0 radical (unpaired) electrons. The van der Waals surface area contributed by atoms with Gasteiger partial charge in [0, 0.05) is 48.3 Å². The number of nitrogens with zero attached hydrogens (tertiary/aromatic N) is 4. The van der Waals surface area contributed by atoms with E-state index in [2.05, 4.69) is 53.9 Å². The molecule has 28 heavy (non-hydrogen) atoms. The van der Waals surface area contributed by atoms with E-state index in [1.165, 1.54) is 24.2 Å². The fourth-order valence-electron chi connectivity index (χ4n) is 3.33. The second-order valence-corrected chi connectivity index (χ2v) is 7.14. The average molecular weight is 377 g/mol. The summed E-state index contributed by atoms with van der Waals surface area (Å²) in [7, 11) is 0. The Morgan fingerprint density at radius 2 is 1.82 bits per heavy atom. The maximum atomic E-state index is 5.41. The molecule has 3 aromatic rings. The van der Waals surface area contributed by atoms with E-state index in [9.17, 15) is 0 Å². The SMILES string of the molecule is c1cc(Nc2cc(C3CC3)[nH]n2)nc(Nc2ccc(N3CCOCC3)cc2)n1. The van der Waals surface area contributed by atoms with Gasteiger partial charge in [-0.2, -0.15) is 10.1 Å². The van der Waals surface area contributed by atoms with Crippen molar-refractivity contribution in [3.63, 3.8) is 0 Å². The first-order valence-electron chi connectivity index (χ1n) is 9.69. The lowest BCUT2D eigenvalue weighted by molar-refractivity contribution is 0.122.